The van der Waals surface area contributed by atoms with Crippen LogP contribution in [-0.4, -0.2) is 37.2 Å². The van der Waals surface area contributed by atoms with E-state index < -0.39 is 6.10 Å². The zero-order valence-corrected chi connectivity index (χ0v) is 41.7. The number of carbonyl (C=O) groups excluding carboxylic acids is 3. The van der Waals surface area contributed by atoms with E-state index in [2.05, 4.69) is 142 Å². The Morgan fingerprint density at radius 3 is 1.12 bits per heavy atom. The van der Waals surface area contributed by atoms with E-state index in [1.807, 2.05) is 0 Å². The molecule has 0 aliphatic carbocycles. The van der Waals surface area contributed by atoms with Gasteiger partial charge in [-0.3, -0.25) is 14.4 Å². The fourth-order valence-electron chi connectivity index (χ4n) is 6.67. The summed E-state index contributed by atoms with van der Waals surface area (Å²) in [5.74, 6) is -0.990. The van der Waals surface area contributed by atoms with Gasteiger partial charge in [-0.15, -0.1) is 0 Å². The molecule has 366 valence electrons. The van der Waals surface area contributed by atoms with Crippen LogP contribution in [0.2, 0.25) is 0 Å². The van der Waals surface area contributed by atoms with Gasteiger partial charge in [-0.1, -0.05) is 213 Å². The molecule has 0 heterocycles. The second-order valence-electron chi connectivity index (χ2n) is 16.8. The number of rotatable bonds is 45. The van der Waals surface area contributed by atoms with Crippen LogP contribution in [0.15, 0.2) is 122 Å². The Balaban J connectivity index is 4.53. The third-order valence-electron chi connectivity index (χ3n) is 10.6. The van der Waals surface area contributed by atoms with Crippen molar-refractivity contribution >= 4 is 17.9 Å². The number of allylic oxidation sites excluding steroid dienone is 20. The highest BCUT2D eigenvalue weighted by Gasteiger charge is 2.19. The predicted octanol–water partition coefficient (Wildman–Crippen LogP) is 17.3. The number of ether oxygens (including phenoxy) is 3. The van der Waals surface area contributed by atoms with Gasteiger partial charge < -0.3 is 14.2 Å². The molecule has 0 aromatic heterocycles. The van der Waals surface area contributed by atoms with Gasteiger partial charge in [0.25, 0.3) is 0 Å². The van der Waals surface area contributed by atoms with Crippen LogP contribution in [-0.2, 0) is 28.6 Å². The van der Waals surface area contributed by atoms with E-state index in [-0.39, 0.29) is 37.5 Å². The maximum atomic E-state index is 12.8. The predicted molar refractivity (Wildman–Crippen MR) is 279 cm³/mol. The third-order valence-corrected chi connectivity index (χ3v) is 10.6. The molecule has 0 aliphatic rings. The van der Waals surface area contributed by atoms with Crippen molar-refractivity contribution in [2.24, 2.45) is 0 Å². The summed E-state index contributed by atoms with van der Waals surface area (Å²) in [6, 6.07) is 0. The second kappa shape index (κ2) is 52.4. The topological polar surface area (TPSA) is 78.9 Å². The van der Waals surface area contributed by atoms with E-state index in [4.69, 9.17) is 14.2 Å². The van der Waals surface area contributed by atoms with Crippen LogP contribution in [0.25, 0.3) is 0 Å². The molecule has 0 spiro atoms. The van der Waals surface area contributed by atoms with Gasteiger partial charge in [0.1, 0.15) is 13.2 Å². The molecule has 0 amide bonds. The summed E-state index contributed by atoms with van der Waals surface area (Å²) in [6.07, 6.45) is 71.8. The van der Waals surface area contributed by atoms with Crippen LogP contribution < -0.4 is 0 Å². The zero-order valence-electron chi connectivity index (χ0n) is 41.7. The van der Waals surface area contributed by atoms with Crippen molar-refractivity contribution in [2.45, 2.75) is 219 Å². The van der Waals surface area contributed by atoms with Crippen molar-refractivity contribution in [3.63, 3.8) is 0 Å². The molecule has 0 fully saturated rings. The molecule has 6 nitrogen and oxygen atoms in total. The first-order chi connectivity index (χ1) is 32.0. The van der Waals surface area contributed by atoms with Crippen LogP contribution in [0.1, 0.15) is 213 Å². The molecule has 1 unspecified atom stereocenters. The quantitative estimate of drug-likeness (QED) is 0.0199. The second-order valence-corrected chi connectivity index (χ2v) is 16.8. The van der Waals surface area contributed by atoms with Crippen LogP contribution >= 0.6 is 0 Å². The van der Waals surface area contributed by atoms with Crippen molar-refractivity contribution in [3.05, 3.63) is 122 Å². The molecule has 65 heavy (non-hydrogen) atoms. The van der Waals surface area contributed by atoms with Gasteiger partial charge in [0.05, 0.1) is 0 Å². The summed E-state index contributed by atoms with van der Waals surface area (Å²) < 4.78 is 16.7. The SMILES string of the molecule is CC\C=C/C=C\C=C/CCCCCCCC(=O)OCC(COC(=O)CCCCCCC\C=C/C=C\C=C/CCCCCCC)OC(=O)CCCCC/C=C\C/C=C\C/C=C\C/C=C\CC. The highest BCUT2D eigenvalue weighted by atomic mass is 16.6. The minimum Gasteiger partial charge on any atom is -0.462 e. The van der Waals surface area contributed by atoms with Gasteiger partial charge in [-0.25, -0.2) is 0 Å². The summed E-state index contributed by atoms with van der Waals surface area (Å²) in [7, 11) is 0. The Kier molecular flexibility index (Phi) is 49.1. The maximum Gasteiger partial charge on any atom is 0.306 e. The number of unbranched alkanes of at least 4 members (excludes halogenated alkanes) is 18. The highest BCUT2D eigenvalue weighted by molar-refractivity contribution is 5.71. The highest BCUT2D eigenvalue weighted by Crippen LogP contribution is 2.12. The fourth-order valence-corrected chi connectivity index (χ4v) is 6.67. The van der Waals surface area contributed by atoms with Gasteiger partial charge in [0, 0.05) is 19.3 Å². The zero-order chi connectivity index (χ0) is 47.2. The molecule has 0 bridgehead atoms. The molecular formula is C59H94O6. The molecule has 0 saturated heterocycles. The molecule has 0 aromatic carbocycles. The first-order valence-electron chi connectivity index (χ1n) is 26.1. The number of hydrogen-bond acceptors (Lipinski definition) is 6. The Morgan fingerprint density at radius 1 is 0.338 bits per heavy atom. The van der Waals surface area contributed by atoms with Gasteiger partial charge in [0.2, 0.25) is 0 Å². The molecular weight excluding hydrogens is 805 g/mol. The summed E-state index contributed by atoms with van der Waals surface area (Å²) >= 11 is 0. The lowest BCUT2D eigenvalue weighted by molar-refractivity contribution is -0.167. The molecule has 6 heteroatoms. The van der Waals surface area contributed by atoms with E-state index in [1.165, 1.54) is 32.1 Å². The summed E-state index contributed by atoms with van der Waals surface area (Å²) in [6.45, 7) is 6.29. The monoisotopic (exact) mass is 899 g/mol. The van der Waals surface area contributed by atoms with Crippen molar-refractivity contribution < 1.29 is 28.6 Å². The Labute approximate surface area is 399 Å². The van der Waals surface area contributed by atoms with Crippen LogP contribution in [0.5, 0.6) is 0 Å². The molecule has 0 N–H and O–H groups in total. The average molecular weight is 899 g/mol. The molecule has 0 aromatic rings. The van der Waals surface area contributed by atoms with E-state index in [1.54, 1.807) is 0 Å². The Hall–Kier alpha value is -4.19. The first kappa shape index (κ1) is 60.8. The lowest BCUT2D eigenvalue weighted by atomic mass is 10.1. The summed E-state index contributed by atoms with van der Waals surface area (Å²) in [5.41, 5.74) is 0. The van der Waals surface area contributed by atoms with Gasteiger partial charge in [0.15, 0.2) is 6.10 Å². The lowest BCUT2D eigenvalue weighted by Crippen LogP contribution is -2.30. The van der Waals surface area contributed by atoms with Gasteiger partial charge in [-0.2, -0.15) is 0 Å². The smallest absolute Gasteiger partial charge is 0.306 e. The van der Waals surface area contributed by atoms with Crippen molar-refractivity contribution in [2.75, 3.05) is 13.2 Å². The molecule has 0 radical (unpaired) electrons. The number of carbonyl (C=O) groups is 3. The fraction of sp³-hybridized carbons (Fsp3) is 0.610. The van der Waals surface area contributed by atoms with Gasteiger partial charge >= 0.3 is 17.9 Å². The van der Waals surface area contributed by atoms with Crippen molar-refractivity contribution in [1.82, 2.24) is 0 Å². The van der Waals surface area contributed by atoms with E-state index in [0.717, 1.165) is 135 Å². The molecule has 1 atom stereocenters. The molecule has 0 rings (SSSR count). The lowest BCUT2D eigenvalue weighted by Gasteiger charge is -2.18. The van der Waals surface area contributed by atoms with Crippen LogP contribution in [0, 0.1) is 0 Å². The summed E-state index contributed by atoms with van der Waals surface area (Å²) in [5, 5.41) is 0. The minimum absolute atomic E-state index is 0.112. The Morgan fingerprint density at radius 2 is 0.677 bits per heavy atom. The average Bonchev–Trinajstić information content (AvgIpc) is 3.30. The number of hydrogen-bond donors (Lipinski definition) is 0. The third kappa shape index (κ3) is 50.7. The van der Waals surface area contributed by atoms with E-state index in [9.17, 15) is 14.4 Å². The van der Waals surface area contributed by atoms with Crippen molar-refractivity contribution in [1.29, 1.82) is 0 Å². The van der Waals surface area contributed by atoms with Crippen molar-refractivity contribution in [3.8, 4) is 0 Å². The number of esters is 3. The molecule has 0 saturated carbocycles. The summed E-state index contributed by atoms with van der Waals surface area (Å²) in [4.78, 5) is 38.0. The minimum atomic E-state index is -0.815. The molecule has 0 aliphatic heterocycles. The van der Waals surface area contributed by atoms with E-state index in [0.29, 0.717) is 19.3 Å². The first-order valence-corrected chi connectivity index (χ1v) is 26.1. The Bertz CT molecular complexity index is 1400. The van der Waals surface area contributed by atoms with Crippen LogP contribution in [0.4, 0.5) is 0 Å². The van der Waals surface area contributed by atoms with Gasteiger partial charge in [-0.05, 0) is 103 Å². The standard InChI is InChI=1S/C59H94O6/c1-4-7-10-13-16-19-22-25-27-29-30-32-34-37-40-43-46-49-52-58(61)64-55-56(54-63-57(60)51-48-45-42-39-36-33-24-21-18-15-12-9-6-3)65-59(62)53-50-47-44-41-38-35-31-28-26-23-20-17-14-11-8-5-2/h8-9,11-12,15,17-18,20-22,24-30,32,35,38,56H,4-7,10,13-14,16,19,23,31,33-34,36-37,39-55H2,1-3H3/b11-8-,12-9-,18-15-,20-17-,24-21-,25-22-,28-26-,29-27-,32-30-,38-35-. The largest absolute Gasteiger partial charge is 0.462 e. The normalized spacial score (nSPS) is 13.1. The maximum absolute atomic E-state index is 12.8. The van der Waals surface area contributed by atoms with E-state index >= 15 is 0 Å². The van der Waals surface area contributed by atoms with Crippen LogP contribution in [0.3, 0.4) is 0 Å².